The topological polar surface area (TPSA) is 71.5 Å². The van der Waals surface area contributed by atoms with Crippen LogP contribution in [0.5, 0.6) is 0 Å². The van der Waals surface area contributed by atoms with E-state index in [-0.39, 0.29) is 0 Å². The van der Waals surface area contributed by atoms with Crippen molar-refractivity contribution in [3.63, 3.8) is 0 Å². The monoisotopic (exact) mass is 255 g/mol. The fraction of sp³-hybridized carbons (Fsp3) is 0.455. The summed E-state index contributed by atoms with van der Waals surface area (Å²) in [4.78, 5) is 23.4. The summed E-state index contributed by atoms with van der Waals surface area (Å²) in [7, 11) is -3.42. The van der Waals surface area contributed by atoms with E-state index in [1.54, 1.807) is 13.0 Å². The first-order valence-corrected chi connectivity index (χ1v) is 7.02. The summed E-state index contributed by atoms with van der Waals surface area (Å²) in [6, 6.07) is -0.574. The normalized spacial score (nSPS) is 29.0. The Bertz CT molecular complexity index is 570. The molecule has 0 saturated heterocycles. The second kappa shape index (κ2) is 3.53. The van der Waals surface area contributed by atoms with E-state index in [1.165, 1.54) is 13.1 Å². The number of allylic oxidation sites excluding steroid dienone is 1. The number of hydrogen-bond donors (Lipinski definition) is 0. The van der Waals surface area contributed by atoms with Crippen molar-refractivity contribution >= 4 is 21.6 Å². The predicted octanol–water partition coefficient (Wildman–Crippen LogP) is 0.248. The first-order chi connectivity index (χ1) is 7.73. The van der Waals surface area contributed by atoms with Gasteiger partial charge in [-0.05, 0) is 25.0 Å². The van der Waals surface area contributed by atoms with Gasteiger partial charge < -0.3 is 0 Å². The van der Waals surface area contributed by atoms with Crippen LogP contribution in [0.3, 0.4) is 0 Å². The number of carbonyl (C=O) groups is 2. The summed E-state index contributed by atoms with van der Waals surface area (Å²) in [5.41, 5.74) is 0.926. The van der Waals surface area contributed by atoms with E-state index in [4.69, 9.17) is 0 Å². The van der Waals surface area contributed by atoms with Crippen LogP contribution in [0.15, 0.2) is 23.4 Å². The SMILES string of the molecule is CC1=CC2C(C(=O)C1=O)C(C)=CN2S(C)(=O)=O. The zero-order valence-electron chi connectivity index (χ0n) is 9.80. The molecule has 0 fully saturated rings. The van der Waals surface area contributed by atoms with Gasteiger partial charge in [0.1, 0.15) is 0 Å². The van der Waals surface area contributed by atoms with Gasteiger partial charge in [0.15, 0.2) is 0 Å². The molecule has 17 heavy (non-hydrogen) atoms. The minimum Gasteiger partial charge on any atom is -0.290 e. The molecule has 2 aliphatic rings. The van der Waals surface area contributed by atoms with Gasteiger partial charge in [-0.15, -0.1) is 0 Å². The Morgan fingerprint density at radius 1 is 1.24 bits per heavy atom. The molecule has 0 aromatic heterocycles. The summed E-state index contributed by atoms with van der Waals surface area (Å²) in [5.74, 6) is -1.69. The molecule has 2 atom stereocenters. The molecule has 92 valence electrons. The van der Waals surface area contributed by atoms with Gasteiger partial charge in [0.05, 0.1) is 18.2 Å². The van der Waals surface area contributed by atoms with E-state index >= 15 is 0 Å². The highest BCUT2D eigenvalue weighted by molar-refractivity contribution is 7.88. The number of nitrogens with zero attached hydrogens (tertiary/aromatic N) is 1. The van der Waals surface area contributed by atoms with Gasteiger partial charge in [-0.25, -0.2) is 8.42 Å². The van der Waals surface area contributed by atoms with Crippen molar-refractivity contribution in [1.82, 2.24) is 4.31 Å². The van der Waals surface area contributed by atoms with E-state index in [0.29, 0.717) is 11.1 Å². The molecule has 1 heterocycles. The molecule has 0 bridgehead atoms. The molecule has 0 spiro atoms. The van der Waals surface area contributed by atoms with E-state index in [1.807, 2.05) is 0 Å². The molecule has 2 rings (SSSR count). The first kappa shape index (κ1) is 12.0. The van der Waals surface area contributed by atoms with Gasteiger partial charge in [0, 0.05) is 6.20 Å². The van der Waals surface area contributed by atoms with Gasteiger partial charge in [0.2, 0.25) is 21.6 Å². The fourth-order valence-corrected chi connectivity index (χ4v) is 3.28. The third-order valence-electron chi connectivity index (χ3n) is 3.12. The maximum absolute atomic E-state index is 11.8. The quantitative estimate of drug-likeness (QED) is 0.630. The highest BCUT2D eigenvalue weighted by Gasteiger charge is 2.45. The molecular formula is C11H13NO4S. The van der Waals surface area contributed by atoms with E-state index in [9.17, 15) is 18.0 Å². The molecule has 1 aliphatic carbocycles. The second-order valence-corrected chi connectivity index (χ2v) is 6.37. The zero-order valence-corrected chi connectivity index (χ0v) is 10.6. The summed E-state index contributed by atoms with van der Waals surface area (Å²) >= 11 is 0. The summed E-state index contributed by atoms with van der Waals surface area (Å²) in [5, 5.41) is 0. The van der Waals surface area contributed by atoms with Crippen LogP contribution in [0.25, 0.3) is 0 Å². The minimum atomic E-state index is -3.42. The van der Waals surface area contributed by atoms with Crippen LogP contribution in [-0.4, -0.2) is 36.6 Å². The lowest BCUT2D eigenvalue weighted by Gasteiger charge is -2.28. The predicted molar refractivity (Wildman–Crippen MR) is 61.5 cm³/mol. The van der Waals surface area contributed by atoms with Gasteiger partial charge in [-0.1, -0.05) is 6.08 Å². The van der Waals surface area contributed by atoms with Gasteiger partial charge in [-0.2, -0.15) is 0 Å². The highest BCUT2D eigenvalue weighted by atomic mass is 32.2. The van der Waals surface area contributed by atoms with Gasteiger partial charge in [0.25, 0.3) is 0 Å². The van der Waals surface area contributed by atoms with Crippen LogP contribution >= 0.6 is 0 Å². The molecule has 0 saturated carbocycles. The Balaban J connectivity index is 2.55. The second-order valence-electron chi connectivity index (χ2n) is 4.48. The number of hydrogen-bond acceptors (Lipinski definition) is 4. The van der Waals surface area contributed by atoms with Crippen molar-refractivity contribution in [2.75, 3.05) is 6.26 Å². The first-order valence-electron chi connectivity index (χ1n) is 5.17. The van der Waals surface area contributed by atoms with Crippen molar-refractivity contribution in [2.24, 2.45) is 5.92 Å². The van der Waals surface area contributed by atoms with E-state index in [0.717, 1.165) is 10.6 Å². The largest absolute Gasteiger partial charge is 0.290 e. The molecule has 0 aromatic rings. The number of Topliss-reactive ketones (excluding diaryl/α,β-unsaturated/α-hetero) is 2. The average molecular weight is 255 g/mol. The molecule has 0 amide bonds. The minimum absolute atomic E-state index is 0.313. The van der Waals surface area contributed by atoms with Crippen molar-refractivity contribution in [3.8, 4) is 0 Å². The molecule has 1 aliphatic heterocycles. The van der Waals surface area contributed by atoms with Crippen molar-refractivity contribution < 1.29 is 18.0 Å². The lowest BCUT2D eigenvalue weighted by Crippen LogP contribution is -2.43. The molecule has 2 unspecified atom stereocenters. The summed E-state index contributed by atoms with van der Waals surface area (Å²) in [6.07, 6.45) is 4.08. The van der Waals surface area contributed by atoms with E-state index in [2.05, 4.69) is 0 Å². The van der Waals surface area contributed by atoms with Gasteiger partial charge in [-0.3, -0.25) is 13.9 Å². The van der Waals surface area contributed by atoms with Crippen molar-refractivity contribution in [1.29, 1.82) is 0 Å². The lowest BCUT2D eigenvalue weighted by molar-refractivity contribution is -0.137. The number of fused-ring (bicyclic) bond motifs is 1. The Morgan fingerprint density at radius 2 is 1.82 bits per heavy atom. The molecule has 0 N–H and O–H groups in total. The summed E-state index contributed by atoms with van der Waals surface area (Å²) < 4.78 is 24.3. The van der Waals surface area contributed by atoms with Crippen LogP contribution in [-0.2, 0) is 19.6 Å². The average Bonchev–Trinajstić information content (AvgIpc) is 2.52. The number of sulfonamides is 1. The third kappa shape index (κ3) is 1.72. The Labute approximate surface area is 99.8 Å². The maximum atomic E-state index is 11.8. The maximum Gasteiger partial charge on any atom is 0.232 e. The molecule has 5 nitrogen and oxygen atoms in total. The Kier molecular flexibility index (Phi) is 2.50. The number of carbonyl (C=O) groups excluding carboxylic acids is 2. The van der Waals surface area contributed by atoms with Crippen LogP contribution in [0, 0.1) is 5.92 Å². The van der Waals surface area contributed by atoms with Crippen molar-refractivity contribution in [2.45, 2.75) is 19.9 Å². The van der Waals surface area contributed by atoms with Crippen LogP contribution in [0.2, 0.25) is 0 Å². The lowest BCUT2D eigenvalue weighted by atomic mass is 9.82. The summed E-state index contributed by atoms with van der Waals surface area (Å²) in [6.45, 7) is 3.20. The van der Waals surface area contributed by atoms with Crippen LogP contribution in [0.4, 0.5) is 0 Å². The molecular weight excluding hydrogens is 242 g/mol. The highest BCUT2D eigenvalue weighted by Crippen LogP contribution is 2.35. The van der Waals surface area contributed by atoms with Gasteiger partial charge >= 0.3 is 0 Å². The molecule has 0 radical (unpaired) electrons. The molecule has 6 heteroatoms. The Hall–Kier alpha value is -1.43. The number of ketones is 2. The zero-order chi connectivity index (χ0) is 13.0. The van der Waals surface area contributed by atoms with Crippen LogP contribution in [0.1, 0.15) is 13.8 Å². The molecule has 0 aromatic carbocycles. The Morgan fingerprint density at radius 3 is 2.35 bits per heavy atom. The number of rotatable bonds is 1. The smallest absolute Gasteiger partial charge is 0.232 e. The van der Waals surface area contributed by atoms with Crippen LogP contribution < -0.4 is 0 Å². The third-order valence-corrected chi connectivity index (χ3v) is 4.24. The standard InChI is InChI=1S/C11H13NO4S/c1-6-4-8-9(11(14)10(6)13)7(2)5-12(8)17(3,15)16/h4-5,8-9H,1-3H3. The van der Waals surface area contributed by atoms with E-state index < -0.39 is 33.5 Å². The fourth-order valence-electron chi connectivity index (χ4n) is 2.30. The van der Waals surface area contributed by atoms with Crippen molar-refractivity contribution in [3.05, 3.63) is 23.4 Å².